The van der Waals surface area contributed by atoms with E-state index in [9.17, 15) is 4.79 Å². The Morgan fingerprint density at radius 3 is 2.81 bits per heavy atom. The Kier molecular flexibility index (Phi) is 6.72. The van der Waals surface area contributed by atoms with Crippen LogP contribution in [0.2, 0.25) is 5.02 Å². The minimum atomic E-state index is -0.146. The molecule has 0 bridgehead atoms. The van der Waals surface area contributed by atoms with Crippen molar-refractivity contribution in [3.8, 4) is 0 Å². The fourth-order valence-electron chi connectivity index (χ4n) is 2.92. The van der Waals surface area contributed by atoms with Gasteiger partial charge in [-0.25, -0.2) is 4.79 Å². The molecule has 1 atom stereocenters. The van der Waals surface area contributed by atoms with Crippen LogP contribution >= 0.6 is 11.6 Å². The van der Waals surface area contributed by atoms with Gasteiger partial charge >= 0.3 is 6.03 Å². The number of anilines is 1. The molecule has 2 aromatic carbocycles. The second-order valence-corrected chi connectivity index (χ2v) is 7.28. The molecule has 1 aliphatic rings. The van der Waals surface area contributed by atoms with E-state index < -0.39 is 0 Å². The van der Waals surface area contributed by atoms with Crippen molar-refractivity contribution < 1.29 is 14.3 Å². The van der Waals surface area contributed by atoms with Gasteiger partial charge in [0.05, 0.1) is 25.9 Å². The van der Waals surface area contributed by atoms with Crippen LogP contribution in [0.3, 0.4) is 0 Å². The fourth-order valence-corrected chi connectivity index (χ4v) is 3.04. The molecule has 0 radical (unpaired) electrons. The first-order chi connectivity index (χ1) is 13.0. The average molecular weight is 389 g/mol. The highest BCUT2D eigenvalue weighted by Gasteiger charge is 2.25. The molecule has 0 aliphatic carbocycles. The summed E-state index contributed by atoms with van der Waals surface area (Å²) in [5, 5.41) is 3.66. The number of urea groups is 1. The van der Waals surface area contributed by atoms with Crippen LogP contribution in [0, 0.1) is 0 Å². The van der Waals surface area contributed by atoms with E-state index >= 15 is 0 Å². The summed E-state index contributed by atoms with van der Waals surface area (Å²) in [4.78, 5) is 14.5. The highest BCUT2D eigenvalue weighted by Crippen LogP contribution is 2.24. The van der Waals surface area contributed by atoms with Crippen LogP contribution in [-0.2, 0) is 16.1 Å². The van der Waals surface area contributed by atoms with Gasteiger partial charge in [-0.1, -0.05) is 35.9 Å². The van der Waals surface area contributed by atoms with Crippen molar-refractivity contribution in [2.45, 2.75) is 32.7 Å². The van der Waals surface area contributed by atoms with Gasteiger partial charge in [-0.05, 0) is 49.2 Å². The molecule has 1 aliphatic heterocycles. The number of halogens is 1. The molecule has 144 valence electrons. The maximum atomic E-state index is 12.7. The predicted molar refractivity (Wildman–Crippen MR) is 107 cm³/mol. The topological polar surface area (TPSA) is 50.8 Å². The van der Waals surface area contributed by atoms with Crippen molar-refractivity contribution in [1.82, 2.24) is 4.90 Å². The number of ether oxygens (including phenoxy) is 2. The lowest BCUT2D eigenvalue weighted by Crippen LogP contribution is -2.44. The number of nitrogens with one attached hydrogen (secondary N) is 1. The Bertz CT molecular complexity index is 764. The third-order valence-corrected chi connectivity index (χ3v) is 4.61. The second kappa shape index (κ2) is 9.22. The maximum Gasteiger partial charge on any atom is 0.322 e. The standard InChI is InChI=1S/C21H25ClN2O3/c1-15(2)27-14-16-4-3-5-19(12-16)23-21(25)24-10-11-26-20(13-24)17-6-8-18(22)9-7-17/h3-9,12,15,20H,10-11,13-14H2,1-2H3,(H,23,25). The Hall–Kier alpha value is -2.08. The van der Waals surface area contributed by atoms with Gasteiger partial charge in [-0.3, -0.25) is 0 Å². The van der Waals surface area contributed by atoms with E-state index in [2.05, 4.69) is 5.32 Å². The van der Waals surface area contributed by atoms with E-state index in [-0.39, 0.29) is 18.2 Å². The number of benzene rings is 2. The van der Waals surface area contributed by atoms with Gasteiger partial charge in [0.15, 0.2) is 0 Å². The summed E-state index contributed by atoms with van der Waals surface area (Å²) >= 11 is 5.95. The number of hydrogen-bond donors (Lipinski definition) is 1. The highest BCUT2D eigenvalue weighted by atomic mass is 35.5. The smallest absolute Gasteiger partial charge is 0.322 e. The maximum absolute atomic E-state index is 12.7. The zero-order valence-electron chi connectivity index (χ0n) is 15.7. The van der Waals surface area contributed by atoms with Gasteiger partial charge < -0.3 is 19.7 Å². The van der Waals surface area contributed by atoms with Gasteiger partial charge in [-0.2, -0.15) is 0 Å². The SMILES string of the molecule is CC(C)OCc1cccc(NC(=O)N2CCOC(c3ccc(Cl)cc3)C2)c1. The van der Waals surface area contributed by atoms with Crippen LogP contribution in [0.15, 0.2) is 48.5 Å². The summed E-state index contributed by atoms with van der Waals surface area (Å²) in [6.45, 7) is 6.10. The molecule has 5 nitrogen and oxygen atoms in total. The van der Waals surface area contributed by atoms with Gasteiger partial charge in [0.1, 0.15) is 6.10 Å². The molecule has 1 unspecified atom stereocenters. The lowest BCUT2D eigenvalue weighted by Gasteiger charge is -2.33. The van der Waals surface area contributed by atoms with Crippen molar-refractivity contribution in [2.24, 2.45) is 0 Å². The Morgan fingerprint density at radius 2 is 2.07 bits per heavy atom. The molecule has 1 heterocycles. The highest BCUT2D eigenvalue weighted by molar-refractivity contribution is 6.30. The first kappa shape index (κ1) is 19.7. The average Bonchev–Trinajstić information content (AvgIpc) is 2.67. The predicted octanol–water partition coefficient (Wildman–Crippen LogP) is 4.87. The van der Waals surface area contributed by atoms with Crippen molar-refractivity contribution in [1.29, 1.82) is 0 Å². The number of rotatable bonds is 5. The van der Waals surface area contributed by atoms with Crippen LogP contribution < -0.4 is 5.32 Å². The summed E-state index contributed by atoms with van der Waals surface area (Å²) in [5.74, 6) is 0. The molecule has 0 aromatic heterocycles. The number of carbonyl (C=O) groups is 1. The third-order valence-electron chi connectivity index (χ3n) is 4.36. The molecule has 3 rings (SSSR count). The Balaban J connectivity index is 1.60. The van der Waals surface area contributed by atoms with Crippen LogP contribution in [0.25, 0.3) is 0 Å². The molecule has 2 aromatic rings. The van der Waals surface area contributed by atoms with Crippen molar-refractivity contribution in [2.75, 3.05) is 25.0 Å². The van der Waals surface area contributed by atoms with Crippen molar-refractivity contribution in [3.63, 3.8) is 0 Å². The van der Waals surface area contributed by atoms with Crippen molar-refractivity contribution in [3.05, 3.63) is 64.7 Å². The molecule has 0 spiro atoms. The monoisotopic (exact) mass is 388 g/mol. The normalized spacial score (nSPS) is 17.2. The van der Waals surface area contributed by atoms with Gasteiger partial charge in [0.25, 0.3) is 0 Å². The quantitative estimate of drug-likeness (QED) is 0.794. The van der Waals surface area contributed by atoms with E-state index in [0.717, 1.165) is 16.8 Å². The first-order valence-corrected chi connectivity index (χ1v) is 9.52. The molecule has 1 N–H and O–H groups in total. The zero-order valence-corrected chi connectivity index (χ0v) is 16.4. The Labute approximate surface area is 165 Å². The molecule has 0 saturated carbocycles. The Morgan fingerprint density at radius 1 is 1.30 bits per heavy atom. The largest absolute Gasteiger partial charge is 0.374 e. The minimum Gasteiger partial charge on any atom is -0.374 e. The zero-order chi connectivity index (χ0) is 19.2. The summed E-state index contributed by atoms with van der Waals surface area (Å²) < 4.78 is 11.5. The summed E-state index contributed by atoms with van der Waals surface area (Å²) in [7, 11) is 0. The first-order valence-electron chi connectivity index (χ1n) is 9.15. The van der Waals surface area contributed by atoms with Crippen LogP contribution in [0.5, 0.6) is 0 Å². The minimum absolute atomic E-state index is 0.126. The number of carbonyl (C=O) groups excluding carboxylic acids is 1. The van der Waals surface area contributed by atoms with Gasteiger partial charge in [0, 0.05) is 17.3 Å². The second-order valence-electron chi connectivity index (χ2n) is 6.85. The number of hydrogen-bond acceptors (Lipinski definition) is 3. The van der Waals surface area contributed by atoms with E-state index in [4.69, 9.17) is 21.1 Å². The van der Waals surface area contributed by atoms with E-state index in [1.165, 1.54) is 0 Å². The lowest BCUT2D eigenvalue weighted by molar-refractivity contribution is -0.0135. The molecule has 1 fully saturated rings. The fraction of sp³-hybridized carbons (Fsp3) is 0.381. The van der Waals surface area contributed by atoms with E-state index in [0.29, 0.717) is 31.3 Å². The molecule has 27 heavy (non-hydrogen) atoms. The molecule has 1 saturated heterocycles. The third kappa shape index (κ3) is 5.70. The number of morpholine rings is 1. The van der Waals surface area contributed by atoms with Gasteiger partial charge in [-0.15, -0.1) is 0 Å². The van der Waals surface area contributed by atoms with Crippen LogP contribution in [-0.4, -0.2) is 36.7 Å². The summed E-state index contributed by atoms with van der Waals surface area (Å²) in [6.07, 6.45) is 0.0222. The van der Waals surface area contributed by atoms with Crippen LogP contribution in [0.1, 0.15) is 31.1 Å². The molecule has 2 amide bonds. The lowest BCUT2D eigenvalue weighted by atomic mass is 10.1. The van der Waals surface area contributed by atoms with Gasteiger partial charge in [0.2, 0.25) is 0 Å². The number of amides is 2. The van der Waals surface area contributed by atoms with Crippen molar-refractivity contribution >= 4 is 23.3 Å². The molecular formula is C21H25ClN2O3. The molecule has 6 heteroatoms. The summed E-state index contributed by atoms with van der Waals surface area (Å²) in [6, 6.07) is 15.2. The van der Waals surface area contributed by atoms with Crippen LogP contribution in [0.4, 0.5) is 10.5 Å². The van der Waals surface area contributed by atoms with E-state index in [1.807, 2.05) is 62.4 Å². The molecular weight excluding hydrogens is 364 g/mol. The van der Waals surface area contributed by atoms with E-state index in [1.54, 1.807) is 4.90 Å². The number of nitrogens with zero attached hydrogens (tertiary/aromatic N) is 1. The summed E-state index contributed by atoms with van der Waals surface area (Å²) in [5.41, 5.74) is 2.81.